The predicted octanol–water partition coefficient (Wildman–Crippen LogP) is 7.24. The molecule has 0 aliphatic carbocycles. The van der Waals surface area contributed by atoms with Gasteiger partial charge in [-0.1, -0.05) is 19.8 Å². The van der Waals surface area contributed by atoms with Gasteiger partial charge in [0.1, 0.15) is 8.88 Å². The molecule has 0 aromatic carbocycles. The van der Waals surface area contributed by atoms with Crippen LogP contribution in [0.3, 0.4) is 0 Å². The van der Waals surface area contributed by atoms with Gasteiger partial charge in [0.05, 0.1) is 5.54 Å². The van der Waals surface area contributed by atoms with E-state index < -0.39 is 7.81 Å². The number of nitrogens with zero attached hydrogens (tertiary/aromatic N) is 2. The Balaban J connectivity index is 0. The summed E-state index contributed by atoms with van der Waals surface area (Å²) in [6.45, 7) is 17.5. The molecular weight excluding hydrogens is 360 g/mol. The average molecular weight is 392 g/mol. The summed E-state index contributed by atoms with van der Waals surface area (Å²) in [6, 6.07) is 0. The summed E-state index contributed by atoms with van der Waals surface area (Å²) in [5.74, 6) is 0. The number of halogens is 6. The molecule has 0 saturated heterocycles. The van der Waals surface area contributed by atoms with Crippen molar-refractivity contribution < 1.29 is 25.2 Å². The van der Waals surface area contributed by atoms with Gasteiger partial charge in [-0.15, -0.1) is 0 Å². The molecule has 1 unspecified atom stereocenters. The molecule has 0 aromatic rings. The van der Waals surface area contributed by atoms with Crippen LogP contribution in [0.4, 0.5) is 25.2 Å². The first kappa shape index (κ1) is 25.6. The zero-order valence-electron chi connectivity index (χ0n) is 14.9. The average Bonchev–Trinajstić information content (AvgIpc) is 2.34. The maximum absolute atomic E-state index is 10.7. The molecule has 0 aliphatic heterocycles. The summed E-state index contributed by atoms with van der Waals surface area (Å²) in [5, 5.41) is 0. The molecule has 23 heavy (non-hydrogen) atoms. The Hall–Kier alpha value is 0.360. The fourth-order valence-electron chi connectivity index (χ4n) is 2.00. The zero-order chi connectivity index (χ0) is 19.0. The fourth-order valence-corrected chi connectivity index (χ4v) is 3.33. The van der Waals surface area contributed by atoms with Crippen LogP contribution in [-0.4, -0.2) is 34.5 Å². The van der Waals surface area contributed by atoms with Gasteiger partial charge >= 0.3 is 33.0 Å². The second-order valence-electron chi connectivity index (χ2n) is 6.00. The summed E-state index contributed by atoms with van der Waals surface area (Å²) in [4.78, 5) is 0. The van der Waals surface area contributed by atoms with Crippen LogP contribution in [-0.2, 0) is 0 Å². The molecule has 0 aliphatic rings. The van der Waals surface area contributed by atoms with Crippen LogP contribution in [0.1, 0.15) is 60.8 Å². The number of unbranched alkanes of at least 4 members (excludes halogenated alkanes) is 1. The van der Waals surface area contributed by atoms with Crippen molar-refractivity contribution in [2.45, 2.75) is 66.3 Å². The van der Waals surface area contributed by atoms with E-state index >= 15 is 0 Å². The Bertz CT molecular complexity index is 316. The Morgan fingerprint density at radius 3 is 1.48 bits per heavy atom. The first-order chi connectivity index (χ1) is 9.96. The van der Waals surface area contributed by atoms with Gasteiger partial charge in [0, 0.05) is 19.6 Å². The summed E-state index contributed by atoms with van der Waals surface area (Å²) in [5.41, 5.74) is 0.378. The minimum atomic E-state index is -10.7. The summed E-state index contributed by atoms with van der Waals surface area (Å²) >= 11 is 0. The third kappa shape index (κ3) is 20.3. The molecule has 0 aromatic heterocycles. The first-order valence-corrected chi connectivity index (χ1v) is 10.9. The maximum atomic E-state index is 9.87. The van der Waals surface area contributed by atoms with Gasteiger partial charge in [-0.3, -0.25) is 0 Å². The molecular formula is C13H32F6N2P2. The Labute approximate surface area is 138 Å². The molecule has 146 valence electrons. The van der Waals surface area contributed by atoms with Crippen LogP contribution >= 0.6 is 16.7 Å². The van der Waals surface area contributed by atoms with Crippen LogP contribution in [0.2, 0.25) is 0 Å². The van der Waals surface area contributed by atoms with Gasteiger partial charge in [0.15, 0.2) is 0 Å². The third-order valence-corrected chi connectivity index (χ3v) is 5.78. The molecule has 0 radical (unpaired) electrons. The number of hydrogen-bond acceptors (Lipinski definition) is 2. The van der Waals surface area contributed by atoms with Crippen LogP contribution in [0.5, 0.6) is 0 Å². The molecule has 0 fully saturated rings. The van der Waals surface area contributed by atoms with Crippen molar-refractivity contribution in [3.63, 3.8) is 0 Å². The van der Waals surface area contributed by atoms with Crippen LogP contribution in [0, 0.1) is 0 Å². The van der Waals surface area contributed by atoms with Crippen molar-refractivity contribution in [1.82, 2.24) is 9.34 Å². The van der Waals surface area contributed by atoms with E-state index in [1.807, 2.05) is 0 Å². The van der Waals surface area contributed by atoms with Gasteiger partial charge in [0.25, 0.3) is 0 Å². The molecule has 0 saturated carbocycles. The first-order valence-electron chi connectivity index (χ1n) is 7.88. The SMILES string of the molecule is CCCCC(C)(C)N(CC)[PH2+]N(CC)CC.F[P-](F)(F)(F)(F)F. The molecule has 0 heterocycles. The molecule has 0 rings (SSSR count). The molecule has 0 amide bonds. The number of hydrogen-bond donors (Lipinski definition) is 0. The monoisotopic (exact) mass is 392 g/mol. The summed E-state index contributed by atoms with van der Waals surface area (Å²) in [6.07, 6.45) is 3.98. The van der Waals surface area contributed by atoms with Gasteiger partial charge in [-0.05, 0) is 41.0 Å². The van der Waals surface area contributed by atoms with E-state index in [0.29, 0.717) is 14.4 Å². The second kappa shape index (κ2) is 8.64. The quantitative estimate of drug-likeness (QED) is 0.301. The van der Waals surface area contributed by atoms with E-state index in [0.717, 1.165) is 0 Å². The Morgan fingerprint density at radius 1 is 0.826 bits per heavy atom. The Kier molecular flexibility index (Phi) is 9.62. The van der Waals surface area contributed by atoms with Gasteiger partial charge in [-0.2, -0.15) is 9.34 Å². The topological polar surface area (TPSA) is 6.48 Å². The molecule has 2 nitrogen and oxygen atoms in total. The summed E-state index contributed by atoms with van der Waals surface area (Å²) < 4.78 is 64.5. The minimum absolute atomic E-state index is 0.309. The van der Waals surface area contributed by atoms with E-state index in [1.165, 1.54) is 38.9 Å². The van der Waals surface area contributed by atoms with E-state index in [2.05, 4.69) is 50.9 Å². The van der Waals surface area contributed by atoms with E-state index in [4.69, 9.17) is 0 Å². The summed E-state index contributed by atoms with van der Waals surface area (Å²) in [7, 11) is -10.3. The fraction of sp³-hybridized carbons (Fsp3) is 1.00. The van der Waals surface area contributed by atoms with Crippen LogP contribution < -0.4 is 0 Å². The van der Waals surface area contributed by atoms with Crippen molar-refractivity contribution in [3.05, 3.63) is 0 Å². The van der Waals surface area contributed by atoms with Crippen molar-refractivity contribution in [1.29, 1.82) is 0 Å². The molecule has 1 atom stereocenters. The van der Waals surface area contributed by atoms with Crippen LogP contribution in [0.25, 0.3) is 0 Å². The Morgan fingerprint density at radius 2 is 1.22 bits per heavy atom. The van der Waals surface area contributed by atoms with Crippen molar-refractivity contribution >= 4 is 16.7 Å². The second-order valence-corrected chi connectivity index (χ2v) is 9.50. The van der Waals surface area contributed by atoms with Crippen molar-refractivity contribution in [3.8, 4) is 0 Å². The van der Waals surface area contributed by atoms with E-state index in [1.54, 1.807) is 0 Å². The van der Waals surface area contributed by atoms with Crippen molar-refractivity contribution in [2.24, 2.45) is 0 Å². The third-order valence-electron chi connectivity index (χ3n) is 3.38. The number of rotatable bonds is 9. The van der Waals surface area contributed by atoms with Gasteiger partial charge in [-0.25, -0.2) is 0 Å². The van der Waals surface area contributed by atoms with Gasteiger partial charge in [0.2, 0.25) is 0 Å². The van der Waals surface area contributed by atoms with Crippen LogP contribution in [0.15, 0.2) is 0 Å². The molecule has 0 bridgehead atoms. The normalized spacial score (nSPS) is 16.4. The van der Waals surface area contributed by atoms with E-state index in [9.17, 15) is 25.2 Å². The van der Waals surface area contributed by atoms with E-state index in [-0.39, 0.29) is 0 Å². The predicted molar refractivity (Wildman–Crippen MR) is 92.2 cm³/mol. The molecule has 10 heteroatoms. The van der Waals surface area contributed by atoms with Crippen molar-refractivity contribution in [2.75, 3.05) is 19.6 Å². The zero-order valence-corrected chi connectivity index (χ0v) is 17.0. The van der Waals surface area contributed by atoms with Gasteiger partial charge < -0.3 is 0 Å². The standard InChI is InChI=1S/C13H31N2P.F6P/c1-7-11-12-13(5,6)15(10-4)16-14(8-2)9-3;1-7(2,3,4,5)6/h16H,7-12H2,1-6H3;/q;-1/p+1. The molecule has 0 spiro atoms. The molecule has 0 N–H and O–H groups in total.